The molecule has 0 radical (unpaired) electrons. The lowest BCUT2D eigenvalue weighted by Crippen LogP contribution is -2.26. The minimum absolute atomic E-state index is 0.0743. The molecule has 0 aliphatic rings. The average molecular weight is 410 g/mol. The largest absolute Gasteiger partial charge is 0.454 e. The number of esters is 1. The van der Waals surface area contributed by atoms with Crippen LogP contribution >= 0.6 is 11.3 Å². The van der Waals surface area contributed by atoms with Crippen molar-refractivity contribution in [1.82, 2.24) is 19.2 Å². The van der Waals surface area contributed by atoms with Gasteiger partial charge in [-0.1, -0.05) is 31.5 Å². The van der Waals surface area contributed by atoms with Crippen LogP contribution in [0.15, 0.2) is 51.5 Å². The molecule has 8 nitrogen and oxygen atoms in total. The number of fused-ring (bicyclic) bond motifs is 2. The third-order valence-electron chi connectivity index (χ3n) is 4.49. The maximum absolute atomic E-state index is 12.8. The van der Waals surface area contributed by atoms with Crippen LogP contribution in [0.25, 0.3) is 15.7 Å². The monoisotopic (exact) mass is 410 g/mol. The molecule has 0 unspecified atom stereocenters. The highest BCUT2D eigenvalue weighted by Crippen LogP contribution is 2.15. The Bertz CT molecular complexity index is 1320. The highest BCUT2D eigenvalue weighted by atomic mass is 32.1. The minimum atomic E-state index is -0.667. The molecule has 0 bridgehead atoms. The fourth-order valence-electron chi connectivity index (χ4n) is 3.01. The zero-order valence-corrected chi connectivity index (χ0v) is 16.5. The lowest BCUT2D eigenvalue weighted by atomic mass is 10.1. The summed E-state index contributed by atoms with van der Waals surface area (Å²) >= 11 is 1.32. The SMILES string of the molecule is CCCCn1nc(C(=O)OCc2cc(=O)n3ccsc3n2)c2ccccc2c1=O. The number of rotatable bonds is 6. The number of aromatic nitrogens is 4. The average Bonchev–Trinajstić information content (AvgIpc) is 3.21. The van der Waals surface area contributed by atoms with Crippen molar-refractivity contribution in [2.45, 2.75) is 32.9 Å². The predicted molar refractivity (Wildman–Crippen MR) is 109 cm³/mol. The van der Waals surface area contributed by atoms with Crippen molar-refractivity contribution in [2.75, 3.05) is 0 Å². The van der Waals surface area contributed by atoms with Crippen molar-refractivity contribution in [3.05, 3.63) is 74.0 Å². The Hall–Kier alpha value is -3.33. The second-order valence-corrected chi connectivity index (χ2v) is 7.37. The summed E-state index contributed by atoms with van der Waals surface area (Å²) in [5.41, 5.74) is -0.0398. The first-order valence-corrected chi connectivity index (χ1v) is 10.1. The van der Waals surface area contributed by atoms with Crippen LogP contribution in [0.5, 0.6) is 0 Å². The number of benzene rings is 1. The molecule has 0 saturated heterocycles. The molecule has 0 saturated carbocycles. The summed E-state index contributed by atoms with van der Waals surface area (Å²) in [6.45, 7) is 2.28. The van der Waals surface area contributed by atoms with Gasteiger partial charge in [0.1, 0.15) is 6.61 Å². The van der Waals surface area contributed by atoms with Crippen molar-refractivity contribution >= 4 is 33.0 Å². The van der Waals surface area contributed by atoms with Crippen LogP contribution in [0.3, 0.4) is 0 Å². The topological polar surface area (TPSA) is 95.6 Å². The maximum atomic E-state index is 12.8. The minimum Gasteiger partial charge on any atom is -0.454 e. The molecule has 29 heavy (non-hydrogen) atoms. The Labute approximate surface area is 169 Å². The number of hydrogen-bond acceptors (Lipinski definition) is 7. The molecule has 9 heteroatoms. The van der Waals surface area contributed by atoms with E-state index in [4.69, 9.17) is 4.74 Å². The van der Waals surface area contributed by atoms with E-state index in [1.165, 1.54) is 26.5 Å². The van der Waals surface area contributed by atoms with Gasteiger partial charge < -0.3 is 4.74 Å². The van der Waals surface area contributed by atoms with Gasteiger partial charge in [-0.05, 0) is 12.5 Å². The first kappa shape index (κ1) is 19.0. The molecule has 3 heterocycles. The lowest BCUT2D eigenvalue weighted by Gasteiger charge is -2.10. The van der Waals surface area contributed by atoms with Crippen LogP contribution in [0.2, 0.25) is 0 Å². The summed E-state index contributed by atoms with van der Waals surface area (Å²) in [5, 5.41) is 6.87. The van der Waals surface area contributed by atoms with Gasteiger partial charge in [0, 0.05) is 29.6 Å². The molecule has 4 rings (SSSR count). The summed E-state index contributed by atoms with van der Waals surface area (Å²) in [7, 11) is 0. The Balaban J connectivity index is 1.66. The highest BCUT2D eigenvalue weighted by Gasteiger charge is 2.18. The summed E-state index contributed by atoms with van der Waals surface area (Å²) in [4.78, 5) is 42.3. The molecule has 0 aliphatic heterocycles. The Morgan fingerprint density at radius 2 is 2.00 bits per heavy atom. The van der Waals surface area contributed by atoms with Crippen molar-refractivity contribution in [3.63, 3.8) is 0 Å². The van der Waals surface area contributed by atoms with Crippen LogP contribution in [0.4, 0.5) is 0 Å². The van der Waals surface area contributed by atoms with Gasteiger partial charge in [-0.15, -0.1) is 11.3 Å². The second-order valence-electron chi connectivity index (χ2n) is 6.49. The predicted octanol–water partition coefficient (Wildman–Crippen LogP) is 2.62. The van der Waals surface area contributed by atoms with Crippen molar-refractivity contribution in [1.29, 1.82) is 0 Å². The standard InChI is InChI=1S/C20H18N4O4S/c1-2-3-8-24-18(26)15-7-5-4-6-14(15)17(22-24)19(27)28-12-13-11-16(25)23-9-10-29-20(23)21-13/h4-7,9-11H,2-3,8,12H2,1H3. The molecule has 148 valence electrons. The fraction of sp³-hybridized carbons (Fsp3) is 0.250. The molecular weight excluding hydrogens is 392 g/mol. The molecule has 0 atom stereocenters. The van der Waals surface area contributed by atoms with E-state index >= 15 is 0 Å². The maximum Gasteiger partial charge on any atom is 0.359 e. The summed E-state index contributed by atoms with van der Waals surface area (Å²) in [6, 6.07) is 8.17. The molecule has 3 aromatic heterocycles. The molecule has 4 aromatic rings. The van der Waals surface area contributed by atoms with Crippen LogP contribution in [0.1, 0.15) is 35.9 Å². The first-order chi connectivity index (χ1) is 14.1. The normalized spacial score (nSPS) is 11.2. The number of nitrogens with zero attached hydrogens (tertiary/aromatic N) is 4. The van der Waals surface area contributed by atoms with E-state index < -0.39 is 5.97 Å². The summed E-state index contributed by atoms with van der Waals surface area (Å²) < 4.78 is 8.11. The van der Waals surface area contributed by atoms with Crippen LogP contribution in [0, 0.1) is 0 Å². The molecule has 0 amide bonds. The van der Waals surface area contributed by atoms with E-state index in [0.717, 1.165) is 12.8 Å². The number of thiazole rings is 1. The van der Waals surface area contributed by atoms with E-state index in [1.54, 1.807) is 35.8 Å². The number of carbonyl (C=O) groups is 1. The molecule has 0 aliphatic carbocycles. The van der Waals surface area contributed by atoms with Gasteiger partial charge in [0.15, 0.2) is 10.7 Å². The number of carbonyl (C=O) groups excluding carboxylic acids is 1. The molecule has 1 aromatic carbocycles. The van der Waals surface area contributed by atoms with Crippen LogP contribution in [-0.4, -0.2) is 25.1 Å². The van der Waals surface area contributed by atoms with Gasteiger partial charge in [-0.2, -0.15) is 5.10 Å². The van der Waals surface area contributed by atoms with E-state index in [0.29, 0.717) is 28.0 Å². The van der Waals surface area contributed by atoms with E-state index in [2.05, 4.69) is 10.1 Å². The van der Waals surface area contributed by atoms with Gasteiger partial charge in [0.05, 0.1) is 11.1 Å². The van der Waals surface area contributed by atoms with E-state index in [1.807, 2.05) is 6.92 Å². The zero-order valence-electron chi connectivity index (χ0n) is 15.7. The van der Waals surface area contributed by atoms with E-state index in [-0.39, 0.29) is 23.4 Å². The Morgan fingerprint density at radius 1 is 1.21 bits per heavy atom. The molecule has 0 N–H and O–H groups in total. The highest BCUT2D eigenvalue weighted by molar-refractivity contribution is 7.15. The number of hydrogen-bond donors (Lipinski definition) is 0. The van der Waals surface area contributed by atoms with Crippen molar-refractivity contribution in [2.24, 2.45) is 0 Å². The van der Waals surface area contributed by atoms with Crippen molar-refractivity contribution < 1.29 is 9.53 Å². The summed E-state index contributed by atoms with van der Waals surface area (Å²) in [5.74, 6) is -0.667. The van der Waals surface area contributed by atoms with E-state index in [9.17, 15) is 14.4 Å². The number of aryl methyl sites for hydroxylation is 1. The lowest BCUT2D eigenvalue weighted by molar-refractivity contribution is 0.0460. The second kappa shape index (κ2) is 7.96. The van der Waals surface area contributed by atoms with Crippen LogP contribution in [-0.2, 0) is 17.9 Å². The number of unbranched alkanes of at least 4 members (excludes halogenated alkanes) is 1. The van der Waals surface area contributed by atoms with Gasteiger partial charge in [-0.3, -0.25) is 14.0 Å². The Kier molecular flexibility index (Phi) is 5.22. The van der Waals surface area contributed by atoms with Gasteiger partial charge >= 0.3 is 5.97 Å². The van der Waals surface area contributed by atoms with Gasteiger partial charge in [0.25, 0.3) is 11.1 Å². The molecule has 0 fully saturated rings. The molecular formula is C20H18N4O4S. The first-order valence-electron chi connectivity index (χ1n) is 9.21. The third-order valence-corrected chi connectivity index (χ3v) is 5.25. The van der Waals surface area contributed by atoms with Crippen LogP contribution < -0.4 is 11.1 Å². The third kappa shape index (κ3) is 3.68. The number of ether oxygens (including phenoxy) is 1. The smallest absolute Gasteiger partial charge is 0.359 e. The van der Waals surface area contributed by atoms with Crippen molar-refractivity contribution in [3.8, 4) is 0 Å². The quantitative estimate of drug-likeness (QED) is 0.454. The zero-order chi connectivity index (χ0) is 20.4. The summed E-state index contributed by atoms with van der Waals surface area (Å²) in [6.07, 6.45) is 3.31. The molecule has 0 spiro atoms. The van der Waals surface area contributed by atoms with Gasteiger partial charge in [0.2, 0.25) is 0 Å². The van der Waals surface area contributed by atoms with Gasteiger partial charge in [-0.25, -0.2) is 14.5 Å². The Morgan fingerprint density at radius 3 is 2.79 bits per heavy atom. The fourth-order valence-corrected chi connectivity index (χ4v) is 3.75.